The predicted octanol–water partition coefficient (Wildman–Crippen LogP) is 1.96. The van der Waals surface area contributed by atoms with Crippen molar-refractivity contribution in [2.75, 3.05) is 31.0 Å². The summed E-state index contributed by atoms with van der Waals surface area (Å²) in [5.74, 6) is 1.49. The highest BCUT2D eigenvalue weighted by atomic mass is 35.5. The molecule has 1 N–H and O–H groups in total. The Morgan fingerprint density at radius 1 is 1.53 bits per heavy atom. The normalized spacial score (nSPS) is 10.5. The molecule has 5 heteroatoms. The SMILES string of the molecule is CCn1ccnc1NCCCOCCCl. The summed E-state index contributed by atoms with van der Waals surface area (Å²) in [7, 11) is 0. The fourth-order valence-electron chi connectivity index (χ4n) is 1.26. The first-order valence-electron chi connectivity index (χ1n) is 5.27. The number of anilines is 1. The highest BCUT2D eigenvalue weighted by Crippen LogP contribution is 2.03. The monoisotopic (exact) mass is 231 g/mol. The Kier molecular flexibility index (Phi) is 6.20. The molecule has 0 unspecified atom stereocenters. The lowest BCUT2D eigenvalue weighted by atomic mass is 10.4. The minimum Gasteiger partial charge on any atom is -0.380 e. The zero-order chi connectivity index (χ0) is 10.9. The van der Waals surface area contributed by atoms with Crippen molar-refractivity contribution < 1.29 is 4.74 Å². The van der Waals surface area contributed by atoms with Gasteiger partial charge in [-0.2, -0.15) is 0 Å². The molecular weight excluding hydrogens is 214 g/mol. The highest BCUT2D eigenvalue weighted by Gasteiger charge is 1.98. The average molecular weight is 232 g/mol. The maximum absolute atomic E-state index is 5.48. The number of hydrogen-bond acceptors (Lipinski definition) is 3. The van der Waals surface area contributed by atoms with E-state index in [0.29, 0.717) is 12.5 Å². The number of nitrogens with one attached hydrogen (secondary N) is 1. The fourth-order valence-corrected chi connectivity index (χ4v) is 1.37. The number of imidazole rings is 1. The number of rotatable bonds is 8. The zero-order valence-corrected chi connectivity index (χ0v) is 9.83. The highest BCUT2D eigenvalue weighted by molar-refractivity contribution is 6.17. The molecule has 0 aliphatic rings. The van der Waals surface area contributed by atoms with Crippen molar-refractivity contribution in [3.05, 3.63) is 12.4 Å². The lowest BCUT2D eigenvalue weighted by Gasteiger charge is -2.07. The summed E-state index contributed by atoms with van der Waals surface area (Å²) in [6.07, 6.45) is 4.73. The second-order valence-corrected chi connectivity index (χ2v) is 3.50. The molecule has 0 aromatic carbocycles. The van der Waals surface area contributed by atoms with Gasteiger partial charge in [0.1, 0.15) is 0 Å². The van der Waals surface area contributed by atoms with Gasteiger partial charge in [-0.3, -0.25) is 0 Å². The van der Waals surface area contributed by atoms with Crippen molar-refractivity contribution in [3.63, 3.8) is 0 Å². The molecule has 1 rings (SSSR count). The Labute approximate surface area is 95.6 Å². The van der Waals surface area contributed by atoms with Crippen LogP contribution < -0.4 is 5.32 Å². The van der Waals surface area contributed by atoms with Crippen molar-refractivity contribution in [1.82, 2.24) is 9.55 Å². The minimum absolute atomic E-state index is 0.563. The molecule has 0 saturated carbocycles. The van der Waals surface area contributed by atoms with Crippen LogP contribution in [0.1, 0.15) is 13.3 Å². The molecule has 0 fully saturated rings. The Balaban J connectivity index is 2.09. The van der Waals surface area contributed by atoms with E-state index in [2.05, 4.69) is 21.8 Å². The van der Waals surface area contributed by atoms with Gasteiger partial charge in [-0.05, 0) is 13.3 Å². The summed E-state index contributed by atoms with van der Waals surface area (Å²) in [6.45, 7) is 5.28. The van der Waals surface area contributed by atoms with Gasteiger partial charge in [-0.15, -0.1) is 11.6 Å². The maximum atomic E-state index is 5.48. The molecule has 0 radical (unpaired) electrons. The molecule has 0 spiro atoms. The minimum atomic E-state index is 0.563. The second kappa shape index (κ2) is 7.54. The van der Waals surface area contributed by atoms with E-state index in [4.69, 9.17) is 16.3 Å². The number of alkyl halides is 1. The van der Waals surface area contributed by atoms with Crippen molar-refractivity contribution in [1.29, 1.82) is 0 Å². The molecule has 1 heterocycles. The van der Waals surface area contributed by atoms with Gasteiger partial charge in [0.25, 0.3) is 0 Å². The number of ether oxygens (including phenoxy) is 1. The third kappa shape index (κ3) is 4.53. The number of nitrogens with zero attached hydrogens (tertiary/aromatic N) is 2. The molecule has 0 bridgehead atoms. The first kappa shape index (κ1) is 12.3. The van der Waals surface area contributed by atoms with Crippen LogP contribution in [0.4, 0.5) is 5.95 Å². The third-order valence-corrected chi connectivity index (χ3v) is 2.18. The van der Waals surface area contributed by atoms with Gasteiger partial charge in [-0.25, -0.2) is 4.98 Å². The van der Waals surface area contributed by atoms with E-state index in [1.54, 1.807) is 6.20 Å². The summed E-state index contributed by atoms with van der Waals surface area (Å²) >= 11 is 5.48. The molecule has 1 aromatic rings. The van der Waals surface area contributed by atoms with Crippen LogP contribution in [0.3, 0.4) is 0 Å². The Hall–Kier alpha value is -0.740. The van der Waals surface area contributed by atoms with Crippen LogP contribution in [0.25, 0.3) is 0 Å². The molecular formula is C10H18ClN3O. The molecule has 0 aliphatic heterocycles. The van der Waals surface area contributed by atoms with Gasteiger partial charge in [0.15, 0.2) is 0 Å². The lowest BCUT2D eigenvalue weighted by molar-refractivity contribution is 0.149. The smallest absolute Gasteiger partial charge is 0.202 e. The Bertz CT molecular complexity index is 265. The number of aryl methyl sites for hydroxylation is 1. The second-order valence-electron chi connectivity index (χ2n) is 3.12. The van der Waals surface area contributed by atoms with E-state index >= 15 is 0 Å². The first-order valence-corrected chi connectivity index (χ1v) is 5.80. The largest absolute Gasteiger partial charge is 0.380 e. The van der Waals surface area contributed by atoms with E-state index in [0.717, 1.165) is 32.1 Å². The van der Waals surface area contributed by atoms with Crippen LogP contribution in [-0.2, 0) is 11.3 Å². The maximum Gasteiger partial charge on any atom is 0.202 e. The first-order chi connectivity index (χ1) is 7.38. The van der Waals surface area contributed by atoms with Crippen molar-refractivity contribution in [3.8, 4) is 0 Å². The lowest BCUT2D eigenvalue weighted by Crippen LogP contribution is -2.10. The van der Waals surface area contributed by atoms with E-state index in [1.165, 1.54) is 0 Å². The summed E-state index contributed by atoms with van der Waals surface area (Å²) in [5.41, 5.74) is 0. The predicted molar refractivity (Wildman–Crippen MR) is 62.5 cm³/mol. The van der Waals surface area contributed by atoms with Gasteiger partial charge in [0, 0.05) is 38.0 Å². The molecule has 86 valence electrons. The Morgan fingerprint density at radius 2 is 2.40 bits per heavy atom. The van der Waals surface area contributed by atoms with Crippen LogP contribution in [0.2, 0.25) is 0 Å². The Morgan fingerprint density at radius 3 is 3.13 bits per heavy atom. The van der Waals surface area contributed by atoms with Crippen LogP contribution in [-0.4, -0.2) is 35.2 Å². The quantitative estimate of drug-likeness (QED) is 0.549. The molecule has 0 amide bonds. The van der Waals surface area contributed by atoms with Crippen molar-refractivity contribution in [2.24, 2.45) is 0 Å². The molecule has 0 saturated heterocycles. The molecule has 15 heavy (non-hydrogen) atoms. The topological polar surface area (TPSA) is 39.1 Å². The van der Waals surface area contributed by atoms with Gasteiger partial charge < -0.3 is 14.6 Å². The van der Waals surface area contributed by atoms with Gasteiger partial charge >= 0.3 is 0 Å². The van der Waals surface area contributed by atoms with Crippen molar-refractivity contribution in [2.45, 2.75) is 19.9 Å². The van der Waals surface area contributed by atoms with Crippen LogP contribution >= 0.6 is 11.6 Å². The molecule has 0 atom stereocenters. The summed E-state index contributed by atoms with van der Waals surface area (Å²) in [5, 5.41) is 3.26. The number of halogens is 1. The van der Waals surface area contributed by atoms with Gasteiger partial charge in [-0.1, -0.05) is 0 Å². The van der Waals surface area contributed by atoms with Gasteiger partial charge in [0.2, 0.25) is 5.95 Å². The number of aromatic nitrogens is 2. The van der Waals surface area contributed by atoms with E-state index in [-0.39, 0.29) is 0 Å². The molecule has 1 aromatic heterocycles. The van der Waals surface area contributed by atoms with E-state index in [9.17, 15) is 0 Å². The summed E-state index contributed by atoms with van der Waals surface area (Å²) in [6, 6.07) is 0. The average Bonchev–Trinajstić information content (AvgIpc) is 2.70. The van der Waals surface area contributed by atoms with Crippen LogP contribution in [0, 0.1) is 0 Å². The van der Waals surface area contributed by atoms with E-state index in [1.807, 2.05) is 6.20 Å². The van der Waals surface area contributed by atoms with Crippen LogP contribution in [0.5, 0.6) is 0 Å². The fraction of sp³-hybridized carbons (Fsp3) is 0.700. The number of hydrogen-bond donors (Lipinski definition) is 1. The third-order valence-electron chi connectivity index (χ3n) is 2.03. The summed E-state index contributed by atoms with van der Waals surface area (Å²) in [4.78, 5) is 4.21. The zero-order valence-electron chi connectivity index (χ0n) is 9.08. The van der Waals surface area contributed by atoms with Crippen LogP contribution in [0.15, 0.2) is 12.4 Å². The van der Waals surface area contributed by atoms with Crippen molar-refractivity contribution >= 4 is 17.5 Å². The van der Waals surface area contributed by atoms with Gasteiger partial charge in [0.05, 0.1) is 6.61 Å². The summed E-state index contributed by atoms with van der Waals surface area (Å²) < 4.78 is 7.33. The standard InChI is InChI=1S/C10H18ClN3O/c1-2-14-7-6-13-10(14)12-5-3-8-15-9-4-11/h6-7H,2-5,8-9H2,1H3,(H,12,13). The molecule has 0 aliphatic carbocycles. The van der Waals surface area contributed by atoms with E-state index < -0.39 is 0 Å². The molecule has 4 nitrogen and oxygen atoms in total.